The Balaban J connectivity index is 1.57. The molecule has 0 aliphatic heterocycles. The topological polar surface area (TPSA) is 82.1 Å². The average Bonchev–Trinajstić information content (AvgIpc) is 3.22. The number of carbonyl (C=O) groups is 2. The van der Waals surface area contributed by atoms with Gasteiger partial charge in [-0.15, -0.1) is 0 Å². The highest BCUT2D eigenvalue weighted by Crippen LogP contribution is 2.69. The zero-order valence-electron chi connectivity index (χ0n) is 25.8. The predicted octanol–water partition coefficient (Wildman–Crippen LogP) is 6.57. The summed E-state index contributed by atoms with van der Waals surface area (Å²) in [4.78, 5) is 25.7. The normalized spacial score (nSPS) is 41.5. The van der Waals surface area contributed by atoms with E-state index in [0.717, 1.165) is 24.7 Å². The number of carbonyl (C=O) groups excluding carboxylic acids is 2. The predicted molar refractivity (Wildman–Crippen MR) is 152 cm³/mol. The fraction of sp³-hybridized carbons (Fsp3) is 0.939. The summed E-state index contributed by atoms with van der Waals surface area (Å²) in [6.07, 6.45) is 9.97. The van der Waals surface area contributed by atoms with Gasteiger partial charge in [-0.3, -0.25) is 9.59 Å². The lowest BCUT2D eigenvalue weighted by Gasteiger charge is -2.64. The molecule has 0 bridgehead atoms. The Morgan fingerprint density at radius 1 is 1.08 bits per heavy atom. The minimum atomic E-state index is -1.52. The maximum atomic E-state index is 14.0. The van der Waals surface area contributed by atoms with Gasteiger partial charge < -0.3 is 19.3 Å². The molecule has 1 N–H and O–H groups in total. The molecule has 6 nitrogen and oxygen atoms in total. The first-order chi connectivity index (χ1) is 18.4. The maximum Gasteiger partial charge on any atom is 0.302 e. The third kappa shape index (κ3) is 5.48. The summed E-state index contributed by atoms with van der Waals surface area (Å²) in [5.41, 5.74) is -1.93. The van der Waals surface area contributed by atoms with Crippen molar-refractivity contribution in [3.63, 3.8) is 0 Å². The number of ether oxygens (including phenoxy) is 3. The standard InChI is InChI=1S/C33H56O6/c1-8-24(21(2)3)10-9-22(4)27-11-12-28-26-17-30(35)33(36)18-25(39-23(5)34)13-16-32(33,19-38-20-37-7)29(26)14-15-31(27,28)6/h21-22,24-29,36H,8-20H2,1-7H3/t22-,24-,25+,26+,27-,28+,29+,31-,32+,33+/m1/s1. The Labute approximate surface area is 237 Å². The van der Waals surface area contributed by atoms with Gasteiger partial charge in [-0.25, -0.2) is 0 Å². The fourth-order valence-electron chi connectivity index (χ4n) is 10.4. The number of esters is 1. The van der Waals surface area contributed by atoms with Crippen LogP contribution < -0.4 is 0 Å². The molecule has 4 rings (SSSR count). The fourth-order valence-corrected chi connectivity index (χ4v) is 10.4. The van der Waals surface area contributed by atoms with E-state index < -0.39 is 17.1 Å². The zero-order chi connectivity index (χ0) is 28.6. The number of hydrogen-bond acceptors (Lipinski definition) is 6. The number of rotatable bonds is 11. The van der Waals surface area contributed by atoms with E-state index in [4.69, 9.17) is 14.2 Å². The van der Waals surface area contributed by atoms with Gasteiger partial charge in [-0.2, -0.15) is 0 Å². The molecule has 0 amide bonds. The number of methoxy groups -OCH3 is 1. The summed E-state index contributed by atoms with van der Waals surface area (Å²) < 4.78 is 16.7. The molecule has 0 spiro atoms. The van der Waals surface area contributed by atoms with E-state index in [2.05, 4.69) is 34.6 Å². The van der Waals surface area contributed by atoms with Crippen LogP contribution in [0.1, 0.15) is 112 Å². The van der Waals surface area contributed by atoms with Crippen molar-refractivity contribution in [3.05, 3.63) is 0 Å². The molecule has 0 unspecified atom stereocenters. The monoisotopic (exact) mass is 548 g/mol. The number of ketones is 1. The van der Waals surface area contributed by atoms with E-state index in [1.54, 1.807) is 7.11 Å². The van der Waals surface area contributed by atoms with Crippen LogP contribution >= 0.6 is 0 Å². The Morgan fingerprint density at radius 3 is 2.46 bits per heavy atom. The third-order valence-electron chi connectivity index (χ3n) is 12.4. The molecule has 4 aliphatic rings. The van der Waals surface area contributed by atoms with E-state index in [-0.39, 0.29) is 42.2 Å². The van der Waals surface area contributed by atoms with Crippen LogP contribution in [0.5, 0.6) is 0 Å². The van der Waals surface area contributed by atoms with Crippen molar-refractivity contribution in [1.29, 1.82) is 0 Å². The van der Waals surface area contributed by atoms with Gasteiger partial charge in [0.2, 0.25) is 0 Å². The van der Waals surface area contributed by atoms with Gasteiger partial charge in [0.15, 0.2) is 5.78 Å². The SMILES string of the molecule is CC[C@H](CC[C@@H](C)[C@H]1CC[C@H]2[C@@H]3CC(=O)[C@@]4(O)C[C@@H](OC(C)=O)CC[C@]4(COCOC)[C@H]3CC[C@]12C)C(C)C. The molecule has 0 aromatic heterocycles. The Hall–Kier alpha value is -0.980. The molecule has 4 saturated carbocycles. The first-order valence-corrected chi connectivity index (χ1v) is 15.9. The van der Waals surface area contributed by atoms with Crippen LogP contribution in [0.2, 0.25) is 0 Å². The first kappa shape index (κ1) is 31.0. The maximum absolute atomic E-state index is 14.0. The van der Waals surface area contributed by atoms with E-state index >= 15 is 0 Å². The van der Waals surface area contributed by atoms with Gasteiger partial charge in [0.25, 0.3) is 0 Å². The molecule has 0 radical (unpaired) electrons. The molecular weight excluding hydrogens is 492 g/mol. The van der Waals surface area contributed by atoms with Gasteiger partial charge in [0, 0.05) is 32.3 Å². The summed E-state index contributed by atoms with van der Waals surface area (Å²) in [5.74, 6) is 3.53. The molecule has 0 heterocycles. The molecule has 4 fully saturated rings. The minimum absolute atomic E-state index is 0.0647. The van der Waals surface area contributed by atoms with Crippen molar-refractivity contribution in [2.75, 3.05) is 20.5 Å². The number of hydrogen-bond donors (Lipinski definition) is 1. The molecule has 0 aromatic carbocycles. The second-order valence-corrected chi connectivity index (χ2v) is 14.4. The molecule has 39 heavy (non-hydrogen) atoms. The zero-order valence-corrected chi connectivity index (χ0v) is 25.8. The molecule has 0 aromatic rings. The van der Waals surface area contributed by atoms with E-state index in [1.165, 1.54) is 39.0 Å². The van der Waals surface area contributed by atoms with Crippen molar-refractivity contribution in [2.45, 2.75) is 124 Å². The van der Waals surface area contributed by atoms with Gasteiger partial charge in [-0.1, -0.05) is 47.5 Å². The summed E-state index contributed by atoms with van der Waals surface area (Å²) in [7, 11) is 1.60. The molecule has 10 atom stereocenters. The van der Waals surface area contributed by atoms with Crippen LogP contribution in [0.4, 0.5) is 0 Å². The second-order valence-electron chi connectivity index (χ2n) is 14.4. The van der Waals surface area contributed by atoms with Crippen LogP contribution in [0.25, 0.3) is 0 Å². The van der Waals surface area contributed by atoms with Crippen molar-refractivity contribution < 1.29 is 28.9 Å². The largest absolute Gasteiger partial charge is 0.462 e. The highest BCUT2D eigenvalue weighted by Gasteiger charge is 2.70. The Morgan fingerprint density at radius 2 is 1.82 bits per heavy atom. The average molecular weight is 549 g/mol. The number of aliphatic hydroxyl groups is 1. The Bertz CT molecular complexity index is 872. The molecule has 0 saturated heterocycles. The van der Waals surface area contributed by atoms with Crippen molar-refractivity contribution in [1.82, 2.24) is 0 Å². The molecule has 6 heteroatoms. The Kier molecular flexibility index (Phi) is 9.60. The smallest absolute Gasteiger partial charge is 0.302 e. The van der Waals surface area contributed by atoms with Gasteiger partial charge in [-0.05, 0) is 91.8 Å². The lowest BCUT2D eigenvalue weighted by Crippen LogP contribution is -2.70. The summed E-state index contributed by atoms with van der Waals surface area (Å²) in [5, 5.41) is 12.2. The van der Waals surface area contributed by atoms with Crippen LogP contribution in [0, 0.1) is 52.3 Å². The molecule has 224 valence electrons. The minimum Gasteiger partial charge on any atom is -0.462 e. The summed E-state index contributed by atoms with van der Waals surface area (Å²) in [6, 6.07) is 0. The van der Waals surface area contributed by atoms with Crippen LogP contribution in [0.3, 0.4) is 0 Å². The van der Waals surface area contributed by atoms with Crippen LogP contribution in [0.15, 0.2) is 0 Å². The van der Waals surface area contributed by atoms with Crippen LogP contribution in [-0.4, -0.2) is 49.1 Å². The lowest BCUT2D eigenvalue weighted by atomic mass is 9.42. The van der Waals surface area contributed by atoms with Crippen LogP contribution in [-0.2, 0) is 23.8 Å². The van der Waals surface area contributed by atoms with Crippen molar-refractivity contribution in [2.24, 2.45) is 52.3 Å². The van der Waals surface area contributed by atoms with Crippen molar-refractivity contribution in [3.8, 4) is 0 Å². The molecular formula is C33H56O6. The van der Waals surface area contributed by atoms with Gasteiger partial charge in [0.05, 0.1) is 6.61 Å². The first-order valence-electron chi connectivity index (χ1n) is 15.9. The number of fused-ring (bicyclic) bond motifs is 5. The van der Waals surface area contributed by atoms with E-state index in [1.807, 2.05) is 0 Å². The number of Topliss-reactive ketones (excluding diaryl/α,β-unsaturated/α-hetero) is 1. The van der Waals surface area contributed by atoms with E-state index in [0.29, 0.717) is 43.6 Å². The summed E-state index contributed by atoms with van der Waals surface area (Å²) in [6.45, 7) is 13.9. The van der Waals surface area contributed by atoms with E-state index in [9.17, 15) is 14.7 Å². The second kappa shape index (κ2) is 12.1. The highest BCUT2D eigenvalue weighted by molar-refractivity contribution is 5.90. The van der Waals surface area contributed by atoms with Gasteiger partial charge in [0.1, 0.15) is 18.5 Å². The summed E-state index contributed by atoms with van der Waals surface area (Å²) >= 11 is 0. The molecule has 4 aliphatic carbocycles. The third-order valence-corrected chi connectivity index (χ3v) is 12.4. The van der Waals surface area contributed by atoms with Gasteiger partial charge >= 0.3 is 5.97 Å². The quantitative estimate of drug-likeness (QED) is 0.179. The van der Waals surface area contributed by atoms with Crippen molar-refractivity contribution >= 4 is 11.8 Å². The highest BCUT2D eigenvalue weighted by atomic mass is 16.7. The lowest BCUT2D eigenvalue weighted by molar-refractivity contribution is -0.241.